The van der Waals surface area contributed by atoms with Crippen molar-refractivity contribution >= 4 is 36.5 Å². The lowest BCUT2D eigenvalue weighted by molar-refractivity contribution is -0.175. The lowest BCUT2D eigenvalue weighted by atomic mass is 9.43. The zero-order chi connectivity index (χ0) is 44.0. The Morgan fingerprint density at radius 3 is 2.43 bits per heavy atom. The van der Waals surface area contributed by atoms with E-state index in [9.17, 15) is 24.4 Å². The summed E-state index contributed by atoms with van der Waals surface area (Å²) in [4.78, 5) is 37.7. The predicted octanol–water partition coefficient (Wildman–Crippen LogP) is 6.26. The van der Waals surface area contributed by atoms with E-state index in [0.717, 1.165) is 44.9 Å². The Morgan fingerprint density at radius 1 is 0.951 bits per heavy atom. The number of fused-ring (bicyclic) bond motifs is 6. The van der Waals surface area contributed by atoms with Crippen LogP contribution in [0.1, 0.15) is 118 Å². The number of carbonyl (C=O) groups is 2. The Morgan fingerprint density at radius 2 is 1.69 bits per heavy atom. The van der Waals surface area contributed by atoms with Gasteiger partial charge in [0.25, 0.3) is 0 Å². The second-order valence-corrected chi connectivity index (χ2v) is 21.1. The number of anilines is 1. The number of ether oxygens (including phenoxy) is 3. The lowest BCUT2D eigenvalue weighted by Gasteiger charge is -2.62. The van der Waals surface area contributed by atoms with Gasteiger partial charge in [-0.2, -0.15) is 0 Å². The van der Waals surface area contributed by atoms with Gasteiger partial charge in [0, 0.05) is 25.8 Å². The number of imidazole rings is 1. The number of aliphatic hydroxyl groups excluding tert-OH is 2. The Labute approximate surface area is 361 Å². The van der Waals surface area contributed by atoms with Gasteiger partial charge in [-0.05, 0) is 110 Å². The first-order valence-corrected chi connectivity index (χ1v) is 24.6. The molecule has 4 fully saturated rings. The molecule has 0 aromatic carbocycles. The van der Waals surface area contributed by atoms with Crippen LogP contribution < -0.4 is 11.5 Å². The largest absolute Gasteiger partial charge is 0.466 e. The Hall–Kier alpha value is -2.72. The highest BCUT2D eigenvalue weighted by Crippen LogP contribution is 2.68. The molecule has 344 valence electrons. The monoisotopic (exact) mass is 877 g/mol. The number of aliphatic hydroxyl groups is 2. The van der Waals surface area contributed by atoms with Crippen LogP contribution in [0.2, 0.25) is 0 Å². The summed E-state index contributed by atoms with van der Waals surface area (Å²) in [5.41, 5.74) is 12.9. The summed E-state index contributed by atoms with van der Waals surface area (Å²) in [5.74, 6) is 2.24. The van der Waals surface area contributed by atoms with Crippen LogP contribution in [0, 0.1) is 52.3 Å². The minimum Gasteiger partial charge on any atom is -0.466 e. The van der Waals surface area contributed by atoms with Crippen molar-refractivity contribution in [2.75, 3.05) is 45.1 Å². The van der Waals surface area contributed by atoms with Gasteiger partial charge in [-0.3, -0.25) is 14.2 Å². The van der Waals surface area contributed by atoms with Crippen LogP contribution in [0.25, 0.3) is 11.2 Å². The number of hydrogen-bond donors (Lipinski definition) is 4. The minimum atomic E-state index is -3.76. The van der Waals surface area contributed by atoms with E-state index in [4.69, 9.17) is 34.7 Å². The maximum atomic E-state index is 13.8. The van der Waals surface area contributed by atoms with Gasteiger partial charge in [0.2, 0.25) is 0 Å². The smallest absolute Gasteiger partial charge is 0.356 e. The van der Waals surface area contributed by atoms with E-state index in [1.807, 2.05) is 13.8 Å². The SMILES string of the molecule is CC[C@H](C)[C@@H](N)C(=O)OCCCOP(=O)(COCCn1cnc2c(N)ncnc21)OCCCOC(=O)CC[C@@H](C)[C@H]1CC[C@H]2[C@@H]3CC[C@@H]4C[C@H](O)CC[C@]4(C)[C@H]3C[C@H](O)[C@]12C. The second-order valence-electron chi connectivity index (χ2n) is 19.1. The summed E-state index contributed by atoms with van der Waals surface area (Å²) in [6, 6.07) is -0.716. The molecule has 4 aliphatic carbocycles. The van der Waals surface area contributed by atoms with Gasteiger partial charge < -0.3 is 49.5 Å². The van der Waals surface area contributed by atoms with Gasteiger partial charge in [-0.15, -0.1) is 0 Å². The number of nitrogen functional groups attached to an aromatic ring is 1. The fourth-order valence-corrected chi connectivity index (χ4v) is 13.1. The molecule has 6 N–H and O–H groups in total. The number of esters is 2. The number of aromatic nitrogens is 4. The molecule has 16 nitrogen and oxygen atoms in total. The molecule has 0 radical (unpaired) electrons. The van der Waals surface area contributed by atoms with Crippen molar-refractivity contribution in [2.24, 2.45) is 58.0 Å². The van der Waals surface area contributed by atoms with Crippen LogP contribution in [0.5, 0.6) is 0 Å². The fourth-order valence-electron chi connectivity index (χ4n) is 11.8. The summed E-state index contributed by atoms with van der Waals surface area (Å²) >= 11 is 0. The van der Waals surface area contributed by atoms with Crippen LogP contribution in [0.15, 0.2) is 12.7 Å². The number of nitrogens with zero attached hydrogens (tertiary/aromatic N) is 4. The number of rotatable bonds is 22. The van der Waals surface area contributed by atoms with Crippen molar-refractivity contribution in [1.29, 1.82) is 0 Å². The molecule has 2 aromatic heterocycles. The number of hydrogen-bond acceptors (Lipinski definition) is 15. The van der Waals surface area contributed by atoms with E-state index in [0.29, 0.717) is 60.1 Å². The van der Waals surface area contributed by atoms with Crippen molar-refractivity contribution in [3.8, 4) is 0 Å². The maximum absolute atomic E-state index is 13.8. The molecule has 17 heteroatoms. The van der Waals surface area contributed by atoms with Gasteiger partial charge >= 0.3 is 19.5 Å². The molecule has 61 heavy (non-hydrogen) atoms. The molecule has 0 spiro atoms. The molecule has 6 rings (SSSR count). The summed E-state index contributed by atoms with van der Waals surface area (Å²) < 4.78 is 43.7. The lowest BCUT2D eigenvalue weighted by Crippen LogP contribution is -2.58. The van der Waals surface area contributed by atoms with Crippen LogP contribution in [-0.2, 0) is 44.0 Å². The van der Waals surface area contributed by atoms with Crippen LogP contribution in [-0.4, -0.2) is 99.3 Å². The molecule has 0 aliphatic heterocycles. The van der Waals surface area contributed by atoms with Crippen molar-refractivity contribution in [3.63, 3.8) is 0 Å². The van der Waals surface area contributed by atoms with Crippen LogP contribution >= 0.6 is 7.60 Å². The van der Waals surface area contributed by atoms with Crippen LogP contribution in [0.4, 0.5) is 5.82 Å². The molecule has 0 amide bonds. The van der Waals surface area contributed by atoms with Crippen molar-refractivity contribution < 1.29 is 47.6 Å². The third-order valence-electron chi connectivity index (χ3n) is 15.7. The molecule has 4 saturated carbocycles. The third-order valence-corrected chi connectivity index (χ3v) is 17.3. The third kappa shape index (κ3) is 10.8. The summed E-state index contributed by atoms with van der Waals surface area (Å²) in [5, 5.41) is 22.3. The van der Waals surface area contributed by atoms with E-state index in [1.165, 1.54) is 19.2 Å². The van der Waals surface area contributed by atoms with Crippen molar-refractivity contribution in [1.82, 2.24) is 19.5 Å². The molecule has 2 aromatic rings. The summed E-state index contributed by atoms with van der Waals surface area (Å²) in [6.07, 6.45) is 12.6. The number of nitrogens with two attached hydrogens (primary N) is 2. The molecule has 13 atom stereocenters. The standard InChI is InChI=1S/C44H73N6O10P/c1-6-28(2)38(45)42(54)58-19-8-21-60-61(55,27-56-22-17-50-26-49-39-40(46)47-25-48-41(39)50)59-20-7-18-57-37(53)14-9-29(3)33-12-13-34-32-11-10-30-23-31(51)15-16-43(30,4)35(32)24-36(52)44(33,34)5/h25-26,28-36,38,51-52H,6-24,27,45H2,1-5H3,(H2,46,47,48)/t28-,29+,30+,31+,32-,33+,34-,35-,36-,38+,43-,44+,61?/m0/s1. The second kappa shape index (κ2) is 20.9. The number of carbonyl (C=O) groups excluding carboxylic acids is 2. The Kier molecular flexibility index (Phi) is 16.3. The molecule has 1 unspecified atom stereocenters. The first kappa shape index (κ1) is 47.8. The minimum absolute atomic E-state index is 0.00760. The molecule has 0 bridgehead atoms. The average molecular weight is 877 g/mol. The fraction of sp³-hybridized carbons (Fsp3) is 0.841. The van der Waals surface area contributed by atoms with E-state index >= 15 is 0 Å². The Balaban J connectivity index is 0.933. The quantitative estimate of drug-likeness (QED) is 0.0581. The molecular formula is C44H73N6O10P. The topological polar surface area (TPSA) is 233 Å². The van der Waals surface area contributed by atoms with E-state index < -0.39 is 19.6 Å². The van der Waals surface area contributed by atoms with E-state index in [-0.39, 0.29) is 98.9 Å². The molecule has 2 heterocycles. The van der Waals surface area contributed by atoms with Crippen molar-refractivity contribution in [3.05, 3.63) is 12.7 Å². The highest BCUT2D eigenvalue weighted by Gasteiger charge is 2.63. The summed E-state index contributed by atoms with van der Waals surface area (Å²) in [6.45, 7) is 11.5. The zero-order valence-corrected chi connectivity index (χ0v) is 38.0. The van der Waals surface area contributed by atoms with Gasteiger partial charge in [0.1, 0.15) is 24.2 Å². The highest BCUT2D eigenvalue weighted by atomic mass is 31.2. The molecule has 0 saturated heterocycles. The zero-order valence-electron chi connectivity index (χ0n) is 37.1. The highest BCUT2D eigenvalue weighted by molar-refractivity contribution is 7.53. The summed E-state index contributed by atoms with van der Waals surface area (Å²) in [7, 11) is -3.76. The van der Waals surface area contributed by atoms with Gasteiger partial charge in [-0.25, -0.2) is 15.0 Å². The van der Waals surface area contributed by atoms with Gasteiger partial charge in [-0.1, -0.05) is 41.0 Å². The van der Waals surface area contributed by atoms with E-state index in [1.54, 1.807) is 10.9 Å². The van der Waals surface area contributed by atoms with Gasteiger partial charge in [0.05, 0.1) is 51.6 Å². The van der Waals surface area contributed by atoms with Gasteiger partial charge in [0.15, 0.2) is 11.5 Å². The molecule has 4 aliphatic rings. The first-order chi connectivity index (χ1) is 29.1. The molecular weight excluding hydrogens is 803 g/mol. The first-order valence-electron chi connectivity index (χ1n) is 22.9. The Bertz CT molecular complexity index is 1820. The normalized spacial score (nSPS) is 32.2. The van der Waals surface area contributed by atoms with E-state index in [2.05, 4.69) is 35.7 Å². The van der Waals surface area contributed by atoms with Crippen molar-refractivity contribution in [2.45, 2.75) is 143 Å². The predicted molar refractivity (Wildman–Crippen MR) is 230 cm³/mol. The maximum Gasteiger partial charge on any atom is 0.356 e. The van der Waals surface area contributed by atoms with Crippen LogP contribution in [0.3, 0.4) is 0 Å². The average Bonchev–Trinajstić information content (AvgIpc) is 3.83.